The van der Waals surface area contributed by atoms with Gasteiger partial charge in [-0.05, 0) is 55.2 Å². The highest BCUT2D eigenvalue weighted by Crippen LogP contribution is 2.26. The number of hydrogen-bond donors (Lipinski definition) is 1. The molecular formula is C28H27NO6S. The number of hydrogen-bond acceptors (Lipinski definition) is 6. The number of carbonyl (C=O) groups excluding carboxylic acids is 1. The van der Waals surface area contributed by atoms with Gasteiger partial charge in [-0.3, -0.25) is 0 Å². The molecule has 186 valence electrons. The second-order valence-corrected chi connectivity index (χ2v) is 10.3. The first-order chi connectivity index (χ1) is 17.3. The van der Waals surface area contributed by atoms with Gasteiger partial charge in [-0.1, -0.05) is 61.4 Å². The molecule has 0 saturated heterocycles. The largest absolute Gasteiger partial charge is 0.425 e. The number of sulfonamides is 1. The lowest BCUT2D eigenvalue weighted by Gasteiger charge is -2.18. The smallest absolute Gasteiger partial charge is 0.336 e. The molecule has 8 heteroatoms. The first-order valence-corrected chi connectivity index (χ1v) is 13.2. The van der Waals surface area contributed by atoms with E-state index in [0.29, 0.717) is 11.1 Å². The standard InChI is InChI=1S/C28H27NO6S/c1-3-4-8-21-17-26(30)35-25-18-22(13-16-24(21)25)34-28(31)27(20-9-6-5-7-10-20)29-36(32,33)23-14-11-19(2)12-15-23/h5-7,9-18,27,29H,3-4,8H2,1-2H3/t27-/m0/s1. The Kier molecular flexibility index (Phi) is 7.67. The minimum atomic E-state index is -4.03. The number of ether oxygens (including phenoxy) is 1. The van der Waals surface area contributed by atoms with Crippen LogP contribution in [0.4, 0.5) is 0 Å². The molecule has 1 aromatic heterocycles. The van der Waals surface area contributed by atoms with Crippen LogP contribution in [-0.4, -0.2) is 14.4 Å². The van der Waals surface area contributed by atoms with Crippen LogP contribution in [0.25, 0.3) is 11.0 Å². The van der Waals surface area contributed by atoms with E-state index in [1.165, 1.54) is 24.3 Å². The highest BCUT2D eigenvalue weighted by Gasteiger charge is 2.29. The Morgan fingerprint density at radius 3 is 2.42 bits per heavy atom. The fraction of sp³-hybridized carbons (Fsp3) is 0.214. The van der Waals surface area contributed by atoms with Gasteiger partial charge in [-0.2, -0.15) is 4.72 Å². The molecule has 0 fully saturated rings. The van der Waals surface area contributed by atoms with Crippen molar-refractivity contribution >= 4 is 27.0 Å². The fourth-order valence-electron chi connectivity index (χ4n) is 3.86. The Hall–Kier alpha value is -3.75. The summed E-state index contributed by atoms with van der Waals surface area (Å²) in [6.07, 6.45) is 2.64. The Bertz CT molecular complexity index is 1530. The minimum absolute atomic E-state index is 0.0360. The maximum Gasteiger partial charge on any atom is 0.336 e. The highest BCUT2D eigenvalue weighted by molar-refractivity contribution is 7.89. The first-order valence-electron chi connectivity index (χ1n) is 11.7. The molecule has 1 atom stereocenters. The van der Waals surface area contributed by atoms with E-state index in [2.05, 4.69) is 11.6 Å². The Balaban J connectivity index is 1.64. The predicted octanol–water partition coefficient (Wildman–Crippen LogP) is 5.07. The molecule has 0 aliphatic carbocycles. The number of unbranched alkanes of at least 4 members (excludes halogenated alkanes) is 1. The van der Waals surface area contributed by atoms with Crippen molar-refractivity contribution in [1.29, 1.82) is 0 Å². The van der Waals surface area contributed by atoms with Crippen molar-refractivity contribution in [2.24, 2.45) is 0 Å². The van der Waals surface area contributed by atoms with Gasteiger partial charge in [0.2, 0.25) is 10.0 Å². The molecule has 4 aromatic rings. The summed E-state index contributed by atoms with van der Waals surface area (Å²) in [5.41, 5.74) is 2.02. The average Bonchev–Trinajstić information content (AvgIpc) is 2.86. The Morgan fingerprint density at radius 2 is 1.72 bits per heavy atom. The number of rotatable bonds is 9. The van der Waals surface area contributed by atoms with Crippen molar-refractivity contribution in [3.63, 3.8) is 0 Å². The number of fused-ring (bicyclic) bond motifs is 1. The van der Waals surface area contributed by atoms with Gasteiger partial charge in [-0.15, -0.1) is 0 Å². The molecule has 0 spiro atoms. The lowest BCUT2D eigenvalue weighted by Crippen LogP contribution is -2.36. The first kappa shape index (κ1) is 25.3. The van der Waals surface area contributed by atoms with Crippen LogP contribution in [0.2, 0.25) is 0 Å². The van der Waals surface area contributed by atoms with Crippen molar-refractivity contribution in [1.82, 2.24) is 4.72 Å². The van der Waals surface area contributed by atoms with Gasteiger partial charge in [0.1, 0.15) is 17.4 Å². The molecule has 0 unspecified atom stereocenters. The van der Waals surface area contributed by atoms with Crippen LogP contribution in [0.5, 0.6) is 5.75 Å². The van der Waals surface area contributed by atoms with E-state index in [9.17, 15) is 18.0 Å². The van der Waals surface area contributed by atoms with E-state index in [4.69, 9.17) is 9.15 Å². The van der Waals surface area contributed by atoms with Crippen LogP contribution in [0.15, 0.2) is 93.0 Å². The van der Waals surface area contributed by atoms with E-state index in [1.807, 2.05) is 6.92 Å². The van der Waals surface area contributed by atoms with Crippen LogP contribution in [0, 0.1) is 6.92 Å². The Labute approximate surface area is 209 Å². The summed E-state index contributed by atoms with van der Waals surface area (Å²) in [6, 6.07) is 19.8. The molecular weight excluding hydrogens is 478 g/mol. The van der Waals surface area contributed by atoms with Gasteiger partial charge in [-0.25, -0.2) is 18.0 Å². The fourth-order valence-corrected chi connectivity index (χ4v) is 5.03. The van der Waals surface area contributed by atoms with E-state index < -0.39 is 27.7 Å². The molecule has 1 heterocycles. The van der Waals surface area contributed by atoms with Gasteiger partial charge < -0.3 is 9.15 Å². The van der Waals surface area contributed by atoms with Crippen LogP contribution in [0.1, 0.15) is 42.5 Å². The van der Waals surface area contributed by atoms with Crippen LogP contribution in [0.3, 0.4) is 0 Å². The van der Waals surface area contributed by atoms with Crippen molar-refractivity contribution in [2.45, 2.75) is 44.0 Å². The minimum Gasteiger partial charge on any atom is -0.425 e. The second kappa shape index (κ2) is 10.9. The van der Waals surface area contributed by atoms with Crippen LogP contribution in [-0.2, 0) is 21.2 Å². The zero-order valence-corrected chi connectivity index (χ0v) is 20.9. The number of carbonyl (C=O) groups is 1. The molecule has 0 aliphatic rings. The summed E-state index contributed by atoms with van der Waals surface area (Å²) in [6.45, 7) is 3.92. The van der Waals surface area contributed by atoms with Gasteiger partial charge >= 0.3 is 11.6 Å². The van der Waals surface area contributed by atoms with E-state index >= 15 is 0 Å². The van der Waals surface area contributed by atoms with Crippen molar-refractivity contribution in [3.05, 3.63) is 106 Å². The highest BCUT2D eigenvalue weighted by atomic mass is 32.2. The lowest BCUT2D eigenvalue weighted by molar-refractivity contribution is -0.136. The Morgan fingerprint density at radius 1 is 1.00 bits per heavy atom. The van der Waals surface area contributed by atoms with Crippen LogP contribution >= 0.6 is 0 Å². The summed E-state index contributed by atoms with van der Waals surface area (Å²) in [7, 11) is -4.03. The zero-order valence-electron chi connectivity index (χ0n) is 20.1. The summed E-state index contributed by atoms with van der Waals surface area (Å²) < 4.78 is 39.5. The molecule has 4 rings (SSSR count). The van der Waals surface area contributed by atoms with E-state index in [1.54, 1.807) is 54.6 Å². The van der Waals surface area contributed by atoms with Gasteiger partial charge in [0.15, 0.2) is 0 Å². The van der Waals surface area contributed by atoms with Crippen molar-refractivity contribution < 1.29 is 22.4 Å². The third kappa shape index (κ3) is 5.90. The monoisotopic (exact) mass is 505 g/mol. The van der Waals surface area contributed by atoms with Crippen molar-refractivity contribution in [2.75, 3.05) is 0 Å². The number of nitrogens with one attached hydrogen (secondary N) is 1. The number of aryl methyl sites for hydroxylation is 2. The molecule has 0 saturated carbocycles. The number of benzene rings is 3. The topological polar surface area (TPSA) is 103 Å². The third-order valence-corrected chi connectivity index (χ3v) is 7.23. The van der Waals surface area contributed by atoms with E-state index in [-0.39, 0.29) is 10.6 Å². The van der Waals surface area contributed by atoms with Gasteiger partial charge in [0, 0.05) is 17.5 Å². The third-order valence-electron chi connectivity index (χ3n) is 5.79. The molecule has 0 bridgehead atoms. The predicted molar refractivity (Wildman–Crippen MR) is 137 cm³/mol. The molecule has 7 nitrogen and oxygen atoms in total. The maximum absolute atomic E-state index is 13.2. The maximum atomic E-state index is 13.2. The van der Waals surface area contributed by atoms with Gasteiger partial charge in [0.25, 0.3) is 0 Å². The lowest BCUT2D eigenvalue weighted by atomic mass is 10.0. The van der Waals surface area contributed by atoms with E-state index in [0.717, 1.165) is 35.8 Å². The summed E-state index contributed by atoms with van der Waals surface area (Å²) in [5, 5.41) is 0.766. The summed E-state index contributed by atoms with van der Waals surface area (Å²) in [4.78, 5) is 25.3. The van der Waals surface area contributed by atoms with Gasteiger partial charge in [0.05, 0.1) is 4.90 Å². The molecule has 1 N–H and O–H groups in total. The second-order valence-electron chi connectivity index (χ2n) is 8.55. The zero-order chi connectivity index (χ0) is 25.7. The normalized spacial score (nSPS) is 12.4. The average molecular weight is 506 g/mol. The molecule has 0 aliphatic heterocycles. The summed E-state index contributed by atoms with van der Waals surface area (Å²) >= 11 is 0. The quantitative estimate of drug-likeness (QED) is 0.194. The molecule has 36 heavy (non-hydrogen) atoms. The molecule has 0 amide bonds. The SMILES string of the molecule is CCCCc1cc(=O)oc2cc(OC(=O)[C@@H](NS(=O)(=O)c3ccc(C)cc3)c3ccccc3)ccc12. The molecule has 0 radical (unpaired) electrons. The van der Waals surface area contributed by atoms with Crippen LogP contribution < -0.4 is 15.1 Å². The summed E-state index contributed by atoms with van der Waals surface area (Å²) in [5.74, 6) is -0.681. The molecule has 3 aromatic carbocycles. The van der Waals surface area contributed by atoms with Crippen molar-refractivity contribution in [3.8, 4) is 5.75 Å². The number of esters is 1.